The first kappa shape index (κ1) is 28.1. The van der Waals surface area contributed by atoms with Gasteiger partial charge in [-0.1, -0.05) is 84.9 Å². The molecule has 0 spiro atoms. The largest absolute Gasteiger partial charge is 0.362 e. The summed E-state index contributed by atoms with van der Waals surface area (Å²) >= 11 is 0. The third-order valence-electron chi connectivity index (χ3n) is 6.25. The van der Waals surface area contributed by atoms with Crippen LogP contribution < -0.4 is 21.2 Å². The summed E-state index contributed by atoms with van der Waals surface area (Å²) in [7, 11) is 0.451. The number of carbonyl (C=O) groups excluding carboxylic acids is 1. The number of carbonyl (C=O) groups is 1. The molecule has 4 aromatic rings. The van der Waals surface area contributed by atoms with Crippen molar-refractivity contribution in [3.05, 3.63) is 131 Å². The Hall–Kier alpha value is -2.87. The van der Waals surface area contributed by atoms with Crippen molar-refractivity contribution in [1.29, 1.82) is 0 Å². The van der Waals surface area contributed by atoms with E-state index in [2.05, 4.69) is 120 Å². The van der Waals surface area contributed by atoms with E-state index in [4.69, 9.17) is 4.74 Å². The predicted octanol–water partition coefficient (Wildman–Crippen LogP) is 4.58. The van der Waals surface area contributed by atoms with Gasteiger partial charge < -0.3 is 10.1 Å². The molecule has 0 fully saturated rings. The zero-order chi connectivity index (χ0) is 26.3. The van der Waals surface area contributed by atoms with Crippen LogP contribution >= 0.6 is 17.2 Å². The summed E-state index contributed by atoms with van der Waals surface area (Å²) in [5.74, 6) is 0.0478. The van der Waals surface area contributed by atoms with Gasteiger partial charge in [-0.25, -0.2) is 0 Å². The fourth-order valence-electron chi connectivity index (χ4n) is 4.07. The number of ether oxygens (including phenoxy) is 1. The maximum Gasteiger partial charge on any atom is 0.224 e. The van der Waals surface area contributed by atoms with Gasteiger partial charge in [0.15, 0.2) is 0 Å². The van der Waals surface area contributed by atoms with Crippen LogP contribution in [0.1, 0.15) is 22.3 Å². The van der Waals surface area contributed by atoms with E-state index < -0.39 is 0 Å². The fraction of sp³-hybridized carbons (Fsp3) is 0.219. The number of amides is 1. The highest BCUT2D eigenvalue weighted by Crippen LogP contribution is 2.19. The van der Waals surface area contributed by atoms with Crippen LogP contribution in [0.3, 0.4) is 0 Å². The zero-order valence-corrected chi connectivity index (χ0v) is 24.1. The highest BCUT2D eigenvalue weighted by molar-refractivity contribution is 7.46. The van der Waals surface area contributed by atoms with Crippen LogP contribution in [-0.4, -0.2) is 25.7 Å². The first-order valence-corrected chi connectivity index (χ1v) is 16.0. The summed E-state index contributed by atoms with van der Waals surface area (Å²) in [6, 6.07) is 38.5. The molecular formula is C32H38N2O2P2+2. The Balaban J connectivity index is 1.03. The Labute approximate surface area is 230 Å². The van der Waals surface area contributed by atoms with Crippen LogP contribution in [0.15, 0.2) is 109 Å². The fourth-order valence-corrected chi connectivity index (χ4v) is 6.49. The predicted molar refractivity (Wildman–Crippen MR) is 166 cm³/mol. The molecule has 0 saturated heterocycles. The lowest BCUT2D eigenvalue weighted by Crippen LogP contribution is -2.33. The first-order chi connectivity index (χ1) is 18.7. The Morgan fingerprint density at radius 2 is 1.13 bits per heavy atom. The molecule has 4 rings (SSSR count). The second-order valence-electron chi connectivity index (χ2n) is 9.29. The van der Waals surface area contributed by atoms with Gasteiger partial charge in [0.1, 0.15) is 0 Å². The molecule has 196 valence electrons. The molecule has 4 aromatic carbocycles. The molecule has 0 aliphatic heterocycles. The van der Waals surface area contributed by atoms with Crippen molar-refractivity contribution in [3.8, 4) is 0 Å². The Morgan fingerprint density at radius 3 is 1.68 bits per heavy atom. The molecule has 0 aliphatic carbocycles. The first-order valence-electron chi connectivity index (χ1n) is 13.2. The number of hydrogen-bond donors (Lipinski definition) is 2. The summed E-state index contributed by atoms with van der Waals surface area (Å²) in [4.78, 5) is 12.3. The van der Waals surface area contributed by atoms with Crippen molar-refractivity contribution >= 4 is 33.7 Å². The van der Waals surface area contributed by atoms with E-state index in [1.165, 1.54) is 27.3 Å². The van der Waals surface area contributed by atoms with Crippen molar-refractivity contribution in [1.82, 2.24) is 10.6 Å². The van der Waals surface area contributed by atoms with E-state index in [-0.39, 0.29) is 23.1 Å². The van der Waals surface area contributed by atoms with Crippen molar-refractivity contribution < 1.29 is 9.53 Å². The molecule has 4 nitrogen and oxygen atoms in total. The van der Waals surface area contributed by atoms with Gasteiger partial charge in [-0.15, -0.1) is 0 Å². The standard InChI is InChI=1S/C32H36N2O2P2/c35-32(21-26-11-15-30(16-12-26)37-23-28-7-3-1-4-8-28)34-20-19-33-25-36-22-27-13-17-31(18-14-27)38-24-29-9-5-2-6-10-29/h1-18,33,37-38H,19-25H2,(H,34,35)/p+2. The molecule has 0 heterocycles. The summed E-state index contributed by atoms with van der Waals surface area (Å²) in [6.07, 6.45) is 2.66. The topological polar surface area (TPSA) is 50.4 Å². The Morgan fingerprint density at radius 1 is 0.605 bits per heavy atom. The Kier molecular flexibility index (Phi) is 12.0. The molecule has 2 unspecified atom stereocenters. The maximum atomic E-state index is 12.3. The third kappa shape index (κ3) is 10.5. The second-order valence-corrected chi connectivity index (χ2v) is 12.3. The molecular weight excluding hydrogens is 506 g/mol. The highest BCUT2D eigenvalue weighted by Gasteiger charge is 2.06. The number of hydrogen-bond acceptors (Lipinski definition) is 3. The molecule has 2 atom stereocenters. The van der Waals surface area contributed by atoms with Gasteiger partial charge in [-0.05, 0) is 46.5 Å². The molecule has 1 amide bonds. The van der Waals surface area contributed by atoms with Crippen LogP contribution in [-0.2, 0) is 34.9 Å². The van der Waals surface area contributed by atoms with Gasteiger partial charge in [-0.3, -0.25) is 10.1 Å². The van der Waals surface area contributed by atoms with E-state index in [0.29, 0.717) is 32.8 Å². The number of nitrogens with one attached hydrogen (secondary N) is 2. The smallest absolute Gasteiger partial charge is 0.224 e. The molecule has 38 heavy (non-hydrogen) atoms. The van der Waals surface area contributed by atoms with Crippen molar-refractivity contribution in [2.75, 3.05) is 19.8 Å². The van der Waals surface area contributed by atoms with Gasteiger partial charge in [0, 0.05) is 30.3 Å². The van der Waals surface area contributed by atoms with Crippen molar-refractivity contribution in [3.63, 3.8) is 0 Å². The van der Waals surface area contributed by atoms with E-state index in [1.54, 1.807) is 0 Å². The molecule has 0 aliphatic rings. The molecule has 2 N–H and O–H groups in total. The average Bonchev–Trinajstić information content (AvgIpc) is 2.97. The van der Waals surface area contributed by atoms with Crippen LogP contribution in [0.4, 0.5) is 0 Å². The van der Waals surface area contributed by atoms with E-state index >= 15 is 0 Å². The molecule has 0 bridgehead atoms. The van der Waals surface area contributed by atoms with Gasteiger partial charge in [-0.2, -0.15) is 0 Å². The minimum Gasteiger partial charge on any atom is -0.362 e. The van der Waals surface area contributed by atoms with Crippen molar-refractivity contribution in [2.45, 2.75) is 25.4 Å². The lowest BCUT2D eigenvalue weighted by Gasteiger charge is -2.08. The average molecular weight is 545 g/mol. The highest BCUT2D eigenvalue weighted by atomic mass is 31.1. The lowest BCUT2D eigenvalue weighted by molar-refractivity contribution is -0.120. The minimum absolute atomic E-state index is 0.0478. The van der Waals surface area contributed by atoms with Crippen molar-refractivity contribution in [2.24, 2.45) is 0 Å². The van der Waals surface area contributed by atoms with Gasteiger partial charge in [0.05, 0.1) is 42.7 Å². The van der Waals surface area contributed by atoms with Gasteiger partial charge in [0.2, 0.25) is 5.91 Å². The Bertz CT molecular complexity index is 1220. The van der Waals surface area contributed by atoms with E-state index in [9.17, 15) is 4.79 Å². The van der Waals surface area contributed by atoms with E-state index in [1.807, 2.05) is 0 Å². The second kappa shape index (κ2) is 16.2. The number of benzene rings is 4. The lowest BCUT2D eigenvalue weighted by atomic mass is 10.1. The van der Waals surface area contributed by atoms with Gasteiger partial charge >= 0.3 is 0 Å². The van der Waals surface area contributed by atoms with Gasteiger partial charge in [0.25, 0.3) is 0 Å². The molecule has 6 heteroatoms. The normalized spacial score (nSPS) is 11.5. The molecule has 0 radical (unpaired) electrons. The minimum atomic E-state index is 0.0478. The van der Waals surface area contributed by atoms with E-state index in [0.717, 1.165) is 17.9 Å². The third-order valence-corrected chi connectivity index (χ3v) is 9.32. The van der Waals surface area contributed by atoms with Crippen LogP contribution in [0.5, 0.6) is 0 Å². The molecule has 0 saturated carbocycles. The summed E-state index contributed by atoms with van der Waals surface area (Å²) in [5.41, 5.74) is 5.02. The monoisotopic (exact) mass is 544 g/mol. The molecule has 0 aromatic heterocycles. The zero-order valence-electron chi connectivity index (χ0n) is 21.8. The maximum absolute atomic E-state index is 12.3. The summed E-state index contributed by atoms with van der Waals surface area (Å²) in [6.45, 7) is 2.30. The van der Waals surface area contributed by atoms with Crippen LogP contribution in [0.25, 0.3) is 0 Å². The van der Waals surface area contributed by atoms with Crippen LogP contribution in [0, 0.1) is 0 Å². The quantitative estimate of drug-likeness (QED) is 0.131. The summed E-state index contributed by atoms with van der Waals surface area (Å²) in [5, 5.41) is 9.01. The number of rotatable bonds is 15. The SMILES string of the molecule is O=C(Cc1ccc([PH2+]Cc2ccccc2)cc1)NCCNCOCc1ccc([PH2+]Cc2ccccc2)cc1. The summed E-state index contributed by atoms with van der Waals surface area (Å²) < 4.78 is 5.74. The van der Waals surface area contributed by atoms with Crippen LogP contribution in [0.2, 0.25) is 0 Å².